The number of benzene rings is 1. The monoisotopic (exact) mass is 301 g/mol. The summed E-state index contributed by atoms with van der Waals surface area (Å²) in [5.41, 5.74) is 1.29. The maximum absolute atomic E-state index is 13.8. The highest BCUT2D eigenvalue weighted by atomic mass is 35.5. The lowest BCUT2D eigenvalue weighted by Gasteiger charge is -2.18. The molecule has 2 aromatic rings. The zero-order chi connectivity index (χ0) is 13.8. The largest absolute Gasteiger partial charge is 0.453 e. The van der Waals surface area contributed by atoms with E-state index < -0.39 is 0 Å². The molecule has 1 aromatic carbocycles. The fourth-order valence-corrected chi connectivity index (χ4v) is 2.51. The molecule has 2 rings (SSSR count). The quantitative estimate of drug-likeness (QED) is 0.872. The van der Waals surface area contributed by atoms with Crippen molar-refractivity contribution >= 4 is 23.2 Å². The van der Waals surface area contributed by atoms with Crippen molar-refractivity contribution in [3.63, 3.8) is 0 Å². The number of likely N-dealkylation sites (N-methyl/N-ethyl adjacent to an activating group) is 1. The number of rotatable bonds is 5. The predicted molar refractivity (Wildman–Crippen MR) is 75.2 cm³/mol. The highest BCUT2D eigenvalue weighted by Crippen LogP contribution is 2.30. The molecule has 0 spiro atoms. The number of furan rings is 1. The second kappa shape index (κ2) is 6.42. The molecule has 0 bridgehead atoms. The minimum absolute atomic E-state index is 0.134. The maximum atomic E-state index is 13.8. The smallest absolute Gasteiger partial charge is 0.197 e. The lowest BCUT2D eigenvalue weighted by molar-refractivity contribution is 0.513. The van der Waals surface area contributed by atoms with E-state index in [1.807, 2.05) is 6.92 Å². The Morgan fingerprint density at radius 3 is 2.68 bits per heavy atom. The summed E-state index contributed by atoms with van der Waals surface area (Å²) in [7, 11) is 0. The van der Waals surface area contributed by atoms with Crippen LogP contribution in [0.4, 0.5) is 4.39 Å². The average molecular weight is 302 g/mol. The van der Waals surface area contributed by atoms with Crippen molar-refractivity contribution in [1.29, 1.82) is 0 Å². The summed E-state index contributed by atoms with van der Waals surface area (Å²) in [5, 5.41) is 4.00. The van der Waals surface area contributed by atoms with Gasteiger partial charge in [0.25, 0.3) is 0 Å². The second-order valence-electron chi connectivity index (χ2n) is 4.16. The fraction of sp³-hybridized carbons (Fsp3) is 0.286. The van der Waals surface area contributed by atoms with E-state index in [-0.39, 0.29) is 11.9 Å². The molecule has 0 aliphatic rings. The Balaban J connectivity index is 2.29. The van der Waals surface area contributed by atoms with Crippen molar-refractivity contribution in [3.05, 3.63) is 57.7 Å². The summed E-state index contributed by atoms with van der Waals surface area (Å²) in [6.45, 7) is 2.71. The van der Waals surface area contributed by atoms with Crippen LogP contribution in [0.25, 0.3) is 0 Å². The van der Waals surface area contributed by atoms with Crippen LogP contribution in [0.2, 0.25) is 10.2 Å². The van der Waals surface area contributed by atoms with Gasteiger partial charge in [-0.05, 0) is 42.8 Å². The average Bonchev–Trinajstić information content (AvgIpc) is 2.79. The Hall–Kier alpha value is -1.03. The molecule has 19 heavy (non-hydrogen) atoms. The number of nitrogens with one attached hydrogen (secondary N) is 1. The van der Waals surface area contributed by atoms with Crippen LogP contribution in [0.15, 0.2) is 34.9 Å². The summed E-state index contributed by atoms with van der Waals surface area (Å²) in [4.78, 5) is 0. The Labute approximate surface area is 121 Å². The van der Waals surface area contributed by atoms with Crippen LogP contribution in [0, 0.1) is 5.82 Å². The topological polar surface area (TPSA) is 25.2 Å². The summed E-state index contributed by atoms with van der Waals surface area (Å²) in [5.74, 6) is -0.310. The number of hydrogen-bond acceptors (Lipinski definition) is 2. The molecule has 0 saturated carbocycles. The van der Waals surface area contributed by atoms with Gasteiger partial charge < -0.3 is 9.73 Å². The molecule has 1 atom stereocenters. The van der Waals surface area contributed by atoms with Gasteiger partial charge in [-0.1, -0.05) is 24.6 Å². The van der Waals surface area contributed by atoms with Crippen LogP contribution in [0.1, 0.15) is 24.1 Å². The molecule has 5 heteroatoms. The molecule has 2 nitrogen and oxygen atoms in total. The molecule has 1 N–H and O–H groups in total. The Morgan fingerprint density at radius 1 is 1.32 bits per heavy atom. The first-order valence-corrected chi connectivity index (χ1v) is 6.78. The van der Waals surface area contributed by atoms with Crippen LogP contribution < -0.4 is 5.32 Å². The Kier molecular flexibility index (Phi) is 4.86. The lowest BCUT2D eigenvalue weighted by atomic mass is 10.0. The number of hydrogen-bond donors (Lipinski definition) is 1. The van der Waals surface area contributed by atoms with Gasteiger partial charge in [-0.15, -0.1) is 0 Å². The highest BCUT2D eigenvalue weighted by molar-refractivity contribution is 6.31. The van der Waals surface area contributed by atoms with Gasteiger partial charge >= 0.3 is 0 Å². The first kappa shape index (κ1) is 14.4. The van der Waals surface area contributed by atoms with Crippen molar-refractivity contribution in [1.82, 2.24) is 5.32 Å². The van der Waals surface area contributed by atoms with Crippen molar-refractivity contribution < 1.29 is 8.81 Å². The third kappa shape index (κ3) is 3.30. The molecule has 0 amide bonds. The fourth-order valence-electron chi connectivity index (χ4n) is 2.02. The van der Waals surface area contributed by atoms with E-state index >= 15 is 0 Å². The van der Waals surface area contributed by atoms with Crippen LogP contribution in [-0.4, -0.2) is 6.54 Å². The van der Waals surface area contributed by atoms with Gasteiger partial charge in [0.05, 0.1) is 6.26 Å². The zero-order valence-corrected chi connectivity index (χ0v) is 11.9. The first-order chi connectivity index (χ1) is 9.13. The summed E-state index contributed by atoms with van der Waals surface area (Å²) in [6, 6.07) is 6.32. The normalized spacial score (nSPS) is 12.6. The minimum atomic E-state index is -0.310. The standard InChI is InChI=1S/C14H14Cl2FNO/c1-2-18-13(9-6-7-19-14(9)16)8-10-11(15)4-3-5-12(10)17/h3-7,13,18H,2,8H2,1H3. The van der Waals surface area contributed by atoms with Crippen LogP contribution >= 0.6 is 23.2 Å². The van der Waals surface area contributed by atoms with E-state index in [1.165, 1.54) is 12.3 Å². The van der Waals surface area contributed by atoms with E-state index in [1.54, 1.807) is 18.2 Å². The molecular weight excluding hydrogens is 288 g/mol. The van der Waals surface area contributed by atoms with Gasteiger partial charge in [0.1, 0.15) is 5.82 Å². The molecule has 1 heterocycles. The van der Waals surface area contributed by atoms with Crippen LogP contribution in [0.3, 0.4) is 0 Å². The molecule has 0 fully saturated rings. The maximum Gasteiger partial charge on any atom is 0.197 e. The minimum Gasteiger partial charge on any atom is -0.453 e. The summed E-state index contributed by atoms with van der Waals surface area (Å²) < 4.78 is 18.9. The van der Waals surface area contributed by atoms with Gasteiger partial charge in [-0.25, -0.2) is 4.39 Å². The molecule has 102 valence electrons. The van der Waals surface area contributed by atoms with Gasteiger partial charge in [-0.2, -0.15) is 0 Å². The van der Waals surface area contributed by atoms with E-state index in [4.69, 9.17) is 27.6 Å². The van der Waals surface area contributed by atoms with Crippen molar-refractivity contribution in [2.75, 3.05) is 6.54 Å². The van der Waals surface area contributed by atoms with Crippen molar-refractivity contribution in [2.45, 2.75) is 19.4 Å². The van der Waals surface area contributed by atoms with Gasteiger partial charge in [0.15, 0.2) is 5.22 Å². The predicted octanol–water partition coefficient (Wildman–Crippen LogP) is 4.62. The third-order valence-corrected chi connectivity index (χ3v) is 3.60. The zero-order valence-electron chi connectivity index (χ0n) is 10.4. The molecule has 0 aliphatic carbocycles. The Bertz CT molecular complexity index is 536. The van der Waals surface area contributed by atoms with Crippen LogP contribution in [-0.2, 0) is 6.42 Å². The molecule has 0 aliphatic heterocycles. The van der Waals surface area contributed by atoms with E-state index in [2.05, 4.69) is 5.32 Å². The number of halogens is 3. The highest BCUT2D eigenvalue weighted by Gasteiger charge is 2.19. The van der Waals surface area contributed by atoms with Gasteiger partial charge in [-0.3, -0.25) is 0 Å². The second-order valence-corrected chi connectivity index (χ2v) is 4.91. The summed E-state index contributed by atoms with van der Waals surface area (Å²) in [6.07, 6.45) is 1.93. The van der Waals surface area contributed by atoms with E-state index in [0.29, 0.717) is 22.2 Å². The molecule has 1 aromatic heterocycles. The van der Waals surface area contributed by atoms with E-state index in [0.717, 1.165) is 12.1 Å². The van der Waals surface area contributed by atoms with Crippen molar-refractivity contribution in [2.24, 2.45) is 0 Å². The SMILES string of the molecule is CCNC(Cc1c(F)cccc1Cl)c1ccoc1Cl. The summed E-state index contributed by atoms with van der Waals surface area (Å²) >= 11 is 12.0. The molecule has 0 radical (unpaired) electrons. The van der Waals surface area contributed by atoms with Crippen molar-refractivity contribution in [3.8, 4) is 0 Å². The molecule has 1 unspecified atom stereocenters. The molecular formula is C14H14Cl2FNO. The first-order valence-electron chi connectivity index (χ1n) is 6.02. The van der Waals surface area contributed by atoms with Gasteiger partial charge in [0, 0.05) is 22.2 Å². The third-order valence-electron chi connectivity index (χ3n) is 2.94. The van der Waals surface area contributed by atoms with Gasteiger partial charge in [0.2, 0.25) is 0 Å². The lowest BCUT2D eigenvalue weighted by Crippen LogP contribution is -2.23. The van der Waals surface area contributed by atoms with Crippen LogP contribution in [0.5, 0.6) is 0 Å². The van der Waals surface area contributed by atoms with E-state index in [9.17, 15) is 4.39 Å². The molecule has 0 saturated heterocycles. The Morgan fingerprint density at radius 2 is 2.11 bits per heavy atom.